The molecule has 1 saturated carbocycles. The maximum absolute atomic E-state index is 13.6. The largest absolute Gasteiger partial charge is 0.430 e. The van der Waals surface area contributed by atoms with Crippen LogP contribution in [0.5, 0.6) is 0 Å². The van der Waals surface area contributed by atoms with Crippen LogP contribution in [0.4, 0.5) is 0 Å². The van der Waals surface area contributed by atoms with Gasteiger partial charge in [-0.05, 0) is 71.2 Å². The zero-order valence-corrected chi connectivity index (χ0v) is 20.8. The summed E-state index contributed by atoms with van der Waals surface area (Å²) in [5.41, 5.74) is 1.26. The molecule has 0 amide bonds. The summed E-state index contributed by atoms with van der Waals surface area (Å²) in [6.45, 7) is 11.1. The number of carbonyl (C=O) groups excluding carboxylic acids is 1. The van der Waals surface area contributed by atoms with Gasteiger partial charge in [-0.2, -0.15) is 4.31 Å². The molecule has 0 aliphatic heterocycles. The summed E-state index contributed by atoms with van der Waals surface area (Å²) in [6, 6.07) is 16.5. The lowest BCUT2D eigenvalue weighted by molar-refractivity contribution is -0.149. The van der Waals surface area contributed by atoms with E-state index in [2.05, 4.69) is 0 Å². The molecule has 0 N–H and O–H groups in total. The SMILES string of the molecule is CC(C)=C(OC(=O)C(C)(C)C)[C@H]1C[C@@]1(c1ccccc1)N(C)S(=O)(=O)c1ccc(C)cc1. The van der Waals surface area contributed by atoms with Crippen molar-refractivity contribution in [2.75, 3.05) is 7.05 Å². The Morgan fingerprint density at radius 3 is 2.09 bits per heavy atom. The van der Waals surface area contributed by atoms with E-state index in [1.807, 2.05) is 71.9 Å². The lowest BCUT2D eigenvalue weighted by Crippen LogP contribution is -2.39. The van der Waals surface area contributed by atoms with E-state index in [0.717, 1.165) is 16.7 Å². The van der Waals surface area contributed by atoms with Crippen LogP contribution in [-0.2, 0) is 25.1 Å². The lowest BCUT2D eigenvalue weighted by atomic mass is 9.97. The second-order valence-electron chi connectivity index (χ2n) is 9.84. The van der Waals surface area contributed by atoms with E-state index in [0.29, 0.717) is 12.2 Å². The third-order valence-electron chi connectivity index (χ3n) is 6.07. The standard InChI is InChI=1S/C26H33NO4S/c1-18(2)23(31-24(28)25(4,5)6)22-17-26(22,20-11-9-8-10-12-20)27(7)32(29,30)21-15-13-19(3)14-16-21/h8-16,22H,17H2,1-7H3/t22-,26+/m1/s1. The number of rotatable bonds is 6. The number of hydrogen-bond donors (Lipinski definition) is 0. The van der Waals surface area contributed by atoms with Gasteiger partial charge in [-0.3, -0.25) is 4.79 Å². The summed E-state index contributed by atoms with van der Waals surface area (Å²) in [6.07, 6.45) is 0.538. The number of sulfonamides is 1. The minimum atomic E-state index is -3.78. The first kappa shape index (κ1) is 24.2. The van der Waals surface area contributed by atoms with Gasteiger partial charge in [0.25, 0.3) is 0 Å². The number of carbonyl (C=O) groups is 1. The van der Waals surface area contributed by atoms with Crippen LogP contribution in [-0.4, -0.2) is 25.7 Å². The van der Waals surface area contributed by atoms with E-state index in [1.54, 1.807) is 31.3 Å². The molecule has 0 saturated heterocycles. The number of allylic oxidation sites excluding steroid dienone is 1. The highest BCUT2D eigenvalue weighted by atomic mass is 32.2. The van der Waals surface area contributed by atoms with Gasteiger partial charge >= 0.3 is 5.97 Å². The third kappa shape index (κ3) is 4.39. The maximum Gasteiger partial charge on any atom is 0.316 e. The van der Waals surface area contributed by atoms with Crippen LogP contribution < -0.4 is 0 Å². The van der Waals surface area contributed by atoms with Gasteiger partial charge in [0, 0.05) is 13.0 Å². The number of aryl methyl sites for hydroxylation is 1. The molecule has 0 aromatic heterocycles. The molecule has 2 aromatic rings. The molecule has 5 nitrogen and oxygen atoms in total. The van der Waals surface area contributed by atoms with Crippen LogP contribution in [0.25, 0.3) is 0 Å². The molecule has 0 heterocycles. The number of hydrogen-bond acceptors (Lipinski definition) is 4. The Morgan fingerprint density at radius 2 is 1.59 bits per heavy atom. The van der Waals surface area contributed by atoms with E-state index < -0.39 is 21.0 Å². The molecule has 3 rings (SSSR count). The molecule has 0 bridgehead atoms. The fraction of sp³-hybridized carbons (Fsp3) is 0.423. The van der Waals surface area contributed by atoms with Gasteiger partial charge in [0.1, 0.15) is 5.76 Å². The highest BCUT2D eigenvalue weighted by molar-refractivity contribution is 7.89. The van der Waals surface area contributed by atoms with E-state index in [9.17, 15) is 13.2 Å². The first-order valence-electron chi connectivity index (χ1n) is 10.8. The smallest absolute Gasteiger partial charge is 0.316 e. The van der Waals surface area contributed by atoms with Gasteiger partial charge in [0.15, 0.2) is 0 Å². The Bertz CT molecular complexity index is 1120. The van der Waals surface area contributed by atoms with Crippen LogP contribution in [0.3, 0.4) is 0 Å². The fourth-order valence-electron chi connectivity index (χ4n) is 3.99. The minimum absolute atomic E-state index is 0.247. The van der Waals surface area contributed by atoms with Crippen molar-refractivity contribution >= 4 is 16.0 Å². The molecule has 1 aliphatic carbocycles. The van der Waals surface area contributed by atoms with E-state index in [1.165, 1.54) is 4.31 Å². The molecule has 0 spiro atoms. The summed E-state index contributed by atoms with van der Waals surface area (Å²) in [7, 11) is -2.16. The van der Waals surface area contributed by atoms with E-state index >= 15 is 0 Å². The Hall–Kier alpha value is -2.44. The number of nitrogens with zero attached hydrogens (tertiary/aromatic N) is 1. The predicted octanol–water partition coefficient (Wildman–Crippen LogP) is 5.41. The molecule has 6 heteroatoms. The van der Waals surface area contributed by atoms with Crippen LogP contribution in [0.2, 0.25) is 0 Å². The average molecular weight is 456 g/mol. The normalized spacial score (nSPS) is 20.7. The van der Waals surface area contributed by atoms with Crippen molar-refractivity contribution in [2.45, 2.75) is 58.4 Å². The summed E-state index contributed by atoms with van der Waals surface area (Å²) in [5.74, 6) is -0.0298. The number of ether oxygens (including phenoxy) is 1. The van der Waals surface area contributed by atoms with Crippen molar-refractivity contribution in [1.82, 2.24) is 4.31 Å². The Morgan fingerprint density at radius 1 is 1.03 bits per heavy atom. The van der Waals surface area contributed by atoms with Gasteiger partial charge in [0.05, 0.1) is 15.8 Å². The summed E-state index contributed by atoms with van der Waals surface area (Å²) < 4.78 is 34.6. The zero-order valence-electron chi connectivity index (χ0n) is 20.0. The molecular formula is C26H33NO4S. The molecule has 1 aliphatic rings. The summed E-state index contributed by atoms with van der Waals surface area (Å²) >= 11 is 0. The first-order valence-corrected chi connectivity index (χ1v) is 12.3. The monoisotopic (exact) mass is 455 g/mol. The average Bonchev–Trinajstić information content (AvgIpc) is 3.47. The van der Waals surface area contributed by atoms with Crippen molar-refractivity contribution in [3.05, 3.63) is 77.1 Å². The molecule has 32 heavy (non-hydrogen) atoms. The Kier molecular flexibility index (Phi) is 6.42. The minimum Gasteiger partial charge on any atom is -0.430 e. The maximum atomic E-state index is 13.6. The lowest BCUT2D eigenvalue weighted by Gasteiger charge is -2.30. The highest BCUT2D eigenvalue weighted by Gasteiger charge is 2.64. The van der Waals surface area contributed by atoms with E-state index in [4.69, 9.17) is 4.74 Å². The van der Waals surface area contributed by atoms with Crippen molar-refractivity contribution in [2.24, 2.45) is 11.3 Å². The molecular weight excluding hydrogens is 422 g/mol. The topological polar surface area (TPSA) is 63.7 Å². The Labute approximate surface area is 192 Å². The second kappa shape index (κ2) is 8.49. The third-order valence-corrected chi connectivity index (χ3v) is 7.99. The summed E-state index contributed by atoms with van der Waals surface area (Å²) in [5, 5.41) is 0. The predicted molar refractivity (Wildman–Crippen MR) is 126 cm³/mol. The quantitative estimate of drug-likeness (QED) is 0.431. The van der Waals surface area contributed by atoms with Crippen molar-refractivity contribution in [3.63, 3.8) is 0 Å². The number of esters is 1. The molecule has 172 valence electrons. The number of benzene rings is 2. The molecule has 2 aromatic carbocycles. The van der Waals surface area contributed by atoms with Gasteiger partial charge < -0.3 is 4.74 Å². The van der Waals surface area contributed by atoms with Crippen LogP contribution >= 0.6 is 0 Å². The molecule has 0 unspecified atom stereocenters. The molecule has 2 atom stereocenters. The fourth-order valence-corrected chi connectivity index (χ4v) is 5.53. The van der Waals surface area contributed by atoms with Crippen LogP contribution in [0.15, 0.2) is 70.8 Å². The van der Waals surface area contributed by atoms with Crippen molar-refractivity contribution < 1.29 is 17.9 Å². The highest BCUT2D eigenvalue weighted by Crippen LogP contribution is 2.61. The van der Waals surface area contributed by atoms with Gasteiger partial charge in [-0.25, -0.2) is 8.42 Å². The van der Waals surface area contributed by atoms with Gasteiger partial charge in [-0.15, -0.1) is 0 Å². The second-order valence-corrected chi connectivity index (χ2v) is 11.8. The van der Waals surface area contributed by atoms with Crippen LogP contribution in [0, 0.1) is 18.3 Å². The van der Waals surface area contributed by atoms with Gasteiger partial charge in [0.2, 0.25) is 10.0 Å². The van der Waals surface area contributed by atoms with Crippen LogP contribution in [0.1, 0.15) is 52.2 Å². The van der Waals surface area contributed by atoms with Crippen molar-refractivity contribution in [1.29, 1.82) is 0 Å². The molecule has 0 radical (unpaired) electrons. The Balaban J connectivity index is 2.08. The molecule has 1 fully saturated rings. The van der Waals surface area contributed by atoms with Gasteiger partial charge in [-0.1, -0.05) is 48.0 Å². The zero-order chi connectivity index (χ0) is 23.9. The van der Waals surface area contributed by atoms with Crippen molar-refractivity contribution in [3.8, 4) is 0 Å². The van der Waals surface area contributed by atoms with E-state index in [-0.39, 0.29) is 16.8 Å². The summed E-state index contributed by atoms with van der Waals surface area (Å²) in [4.78, 5) is 12.9. The first-order chi connectivity index (χ1) is 14.8.